The van der Waals surface area contributed by atoms with Crippen molar-refractivity contribution >= 4 is 7.82 Å². The van der Waals surface area contributed by atoms with Crippen LogP contribution in [-0.2, 0) is 9.30 Å². The van der Waals surface area contributed by atoms with E-state index in [0.29, 0.717) is 0 Å². The van der Waals surface area contributed by atoms with E-state index in [0.717, 1.165) is 13.2 Å². The molecule has 0 aromatic carbocycles. The summed E-state index contributed by atoms with van der Waals surface area (Å²) in [5.74, 6) is 0. The molecule has 0 bridgehead atoms. The quantitative estimate of drug-likeness (QED) is 0.474. The maximum Gasteiger partial charge on any atom is 0.466 e. The molecule has 0 fully saturated rings. The third-order valence-electron chi connectivity index (χ3n) is 1.28. The fourth-order valence-electron chi connectivity index (χ4n) is 0.595. The summed E-state index contributed by atoms with van der Waals surface area (Å²) in [7, 11) is -4.64. The van der Waals surface area contributed by atoms with Crippen molar-refractivity contribution in [1.29, 1.82) is 0 Å². The molecule has 0 aromatic heterocycles. The first kappa shape index (κ1) is 20.4. The number of unbranched alkanes of at least 4 members (excludes halogenated alkanes) is 2. The van der Waals surface area contributed by atoms with E-state index in [-0.39, 0.29) is 5.48 Å². The molecule has 7 heteroatoms. The number of hydrogen-bond acceptors (Lipinski definition) is 2. The SMILES string of the molecule is CCCCOCCCC.O.O=P(O)(O)O. The Morgan fingerprint density at radius 2 is 1.27 bits per heavy atom. The molecule has 0 unspecified atom stereocenters. The van der Waals surface area contributed by atoms with Crippen LogP contribution in [0, 0.1) is 0 Å². The summed E-state index contributed by atoms with van der Waals surface area (Å²) in [6, 6.07) is 0. The van der Waals surface area contributed by atoms with E-state index in [1.807, 2.05) is 0 Å². The zero-order valence-electron chi connectivity index (χ0n) is 9.35. The van der Waals surface area contributed by atoms with Gasteiger partial charge in [-0.25, -0.2) is 4.57 Å². The predicted molar refractivity (Wildman–Crippen MR) is 58.5 cm³/mol. The lowest BCUT2D eigenvalue weighted by molar-refractivity contribution is 0.128. The van der Waals surface area contributed by atoms with Gasteiger partial charge in [-0.2, -0.15) is 0 Å². The second kappa shape index (κ2) is 14.0. The minimum absolute atomic E-state index is 0. The van der Waals surface area contributed by atoms with Crippen molar-refractivity contribution in [3.8, 4) is 0 Å². The molecule has 6 nitrogen and oxygen atoms in total. The van der Waals surface area contributed by atoms with Crippen LogP contribution in [0.2, 0.25) is 0 Å². The minimum Gasteiger partial charge on any atom is -0.412 e. The summed E-state index contributed by atoms with van der Waals surface area (Å²) in [5.41, 5.74) is 0. The molecule has 96 valence electrons. The lowest BCUT2D eigenvalue weighted by Crippen LogP contribution is -1.95. The van der Waals surface area contributed by atoms with Gasteiger partial charge in [-0.1, -0.05) is 26.7 Å². The van der Waals surface area contributed by atoms with Crippen LogP contribution in [0.3, 0.4) is 0 Å². The van der Waals surface area contributed by atoms with E-state index in [1.165, 1.54) is 25.7 Å². The van der Waals surface area contributed by atoms with Crippen LogP contribution in [0.1, 0.15) is 39.5 Å². The lowest BCUT2D eigenvalue weighted by Gasteiger charge is -1.99. The standard InChI is InChI=1S/C8H18O.H3O4P.H2O/c1-3-5-7-9-8-6-4-2;1-5(2,3)4;/h3-8H2,1-2H3;(H3,1,2,3,4);1H2. The molecular weight excluding hydrogens is 223 g/mol. The van der Waals surface area contributed by atoms with E-state index in [4.69, 9.17) is 24.0 Å². The highest BCUT2D eigenvalue weighted by atomic mass is 31.2. The molecule has 0 saturated carbocycles. The Hall–Kier alpha value is 0.0300. The number of ether oxygens (including phenoxy) is 1. The third-order valence-corrected chi connectivity index (χ3v) is 1.28. The second-order valence-electron chi connectivity index (χ2n) is 2.83. The Kier molecular flexibility index (Phi) is 19.1. The molecular formula is C8H23O6P. The number of phosphoric acid groups is 1. The fourth-order valence-corrected chi connectivity index (χ4v) is 0.595. The molecule has 15 heavy (non-hydrogen) atoms. The van der Waals surface area contributed by atoms with Gasteiger partial charge in [0.05, 0.1) is 0 Å². The third kappa shape index (κ3) is 55.8. The van der Waals surface area contributed by atoms with Crippen molar-refractivity contribution in [2.24, 2.45) is 0 Å². The summed E-state index contributed by atoms with van der Waals surface area (Å²) in [5, 5.41) is 0. The van der Waals surface area contributed by atoms with Crippen molar-refractivity contribution in [2.75, 3.05) is 13.2 Å². The maximum absolute atomic E-state index is 8.88. The van der Waals surface area contributed by atoms with Crippen LogP contribution in [0.5, 0.6) is 0 Å². The Labute approximate surface area is 90.8 Å². The van der Waals surface area contributed by atoms with Gasteiger partial charge in [0.25, 0.3) is 0 Å². The Morgan fingerprint density at radius 1 is 1.00 bits per heavy atom. The number of hydrogen-bond donors (Lipinski definition) is 3. The van der Waals surface area contributed by atoms with Gasteiger partial charge in [-0.05, 0) is 12.8 Å². The van der Waals surface area contributed by atoms with Crippen LogP contribution < -0.4 is 0 Å². The molecule has 0 aliphatic carbocycles. The smallest absolute Gasteiger partial charge is 0.412 e. The normalized spacial score (nSPS) is 9.93. The van der Waals surface area contributed by atoms with Gasteiger partial charge in [0.15, 0.2) is 0 Å². The first-order valence-corrected chi connectivity index (χ1v) is 6.34. The van der Waals surface area contributed by atoms with Crippen molar-refractivity contribution in [2.45, 2.75) is 39.5 Å². The Balaban J connectivity index is -0.000000208. The van der Waals surface area contributed by atoms with E-state index in [2.05, 4.69) is 13.8 Å². The fraction of sp³-hybridized carbons (Fsp3) is 1.00. The van der Waals surface area contributed by atoms with Crippen molar-refractivity contribution < 1.29 is 29.5 Å². The highest BCUT2D eigenvalue weighted by Crippen LogP contribution is 2.25. The highest BCUT2D eigenvalue weighted by Gasteiger charge is 2.00. The predicted octanol–water partition coefficient (Wildman–Crippen LogP) is 0.850. The molecule has 0 radical (unpaired) electrons. The first-order chi connectivity index (χ1) is 6.41. The average Bonchev–Trinajstić information content (AvgIpc) is 2.01. The van der Waals surface area contributed by atoms with Crippen LogP contribution >= 0.6 is 7.82 Å². The van der Waals surface area contributed by atoms with Crippen molar-refractivity contribution in [3.05, 3.63) is 0 Å². The maximum atomic E-state index is 8.88. The van der Waals surface area contributed by atoms with Crippen molar-refractivity contribution in [3.63, 3.8) is 0 Å². The largest absolute Gasteiger partial charge is 0.466 e. The summed E-state index contributed by atoms with van der Waals surface area (Å²) < 4.78 is 14.2. The zero-order valence-corrected chi connectivity index (χ0v) is 10.2. The Morgan fingerprint density at radius 3 is 1.47 bits per heavy atom. The monoisotopic (exact) mass is 246 g/mol. The molecule has 0 saturated heterocycles. The topological polar surface area (TPSA) is 118 Å². The Bertz CT molecular complexity index is 132. The van der Waals surface area contributed by atoms with E-state index < -0.39 is 7.82 Å². The summed E-state index contributed by atoms with van der Waals surface area (Å²) in [4.78, 5) is 21.6. The van der Waals surface area contributed by atoms with E-state index in [9.17, 15) is 0 Å². The molecule has 0 atom stereocenters. The summed E-state index contributed by atoms with van der Waals surface area (Å²) in [6.07, 6.45) is 4.91. The van der Waals surface area contributed by atoms with Gasteiger partial charge < -0.3 is 24.9 Å². The minimum atomic E-state index is -4.64. The van der Waals surface area contributed by atoms with Crippen LogP contribution in [0.25, 0.3) is 0 Å². The van der Waals surface area contributed by atoms with Gasteiger partial charge in [-0.15, -0.1) is 0 Å². The average molecular weight is 246 g/mol. The lowest BCUT2D eigenvalue weighted by atomic mass is 10.3. The van der Waals surface area contributed by atoms with Gasteiger partial charge in [0.2, 0.25) is 0 Å². The molecule has 0 spiro atoms. The molecule has 5 N–H and O–H groups in total. The van der Waals surface area contributed by atoms with Gasteiger partial charge >= 0.3 is 7.82 Å². The molecule has 0 aliphatic rings. The number of rotatable bonds is 6. The zero-order chi connectivity index (χ0) is 11.4. The molecule has 0 aromatic rings. The van der Waals surface area contributed by atoms with Crippen LogP contribution in [0.15, 0.2) is 0 Å². The van der Waals surface area contributed by atoms with E-state index >= 15 is 0 Å². The van der Waals surface area contributed by atoms with Gasteiger partial charge in [-0.3, -0.25) is 0 Å². The van der Waals surface area contributed by atoms with Gasteiger partial charge in [0, 0.05) is 13.2 Å². The summed E-state index contributed by atoms with van der Waals surface area (Å²) in [6.45, 7) is 6.28. The second-order valence-corrected chi connectivity index (χ2v) is 3.86. The van der Waals surface area contributed by atoms with Crippen LogP contribution in [-0.4, -0.2) is 33.4 Å². The molecule has 0 heterocycles. The summed E-state index contributed by atoms with van der Waals surface area (Å²) >= 11 is 0. The van der Waals surface area contributed by atoms with E-state index in [1.54, 1.807) is 0 Å². The van der Waals surface area contributed by atoms with Crippen molar-refractivity contribution in [1.82, 2.24) is 0 Å². The molecule has 0 rings (SSSR count). The van der Waals surface area contributed by atoms with Gasteiger partial charge in [0.1, 0.15) is 0 Å². The molecule has 0 amide bonds. The van der Waals surface area contributed by atoms with Crippen LogP contribution in [0.4, 0.5) is 0 Å². The highest BCUT2D eigenvalue weighted by molar-refractivity contribution is 7.45. The molecule has 0 aliphatic heterocycles. The first-order valence-electron chi connectivity index (χ1n) is 4.77.